The molecule has 1 unspecified atom stereocenters. The number of aliphatic carboxylic acids is 1. The second-order valence-electron chi connectivity index (χ2n) is 4.77. The normalized spacial score (nSPS) is 12.0. The highest BCUT2D eigenvalue weighted by Gasteiger charge is 2.22. The van der Waals surface area contributed by atoms with Gasteiger partial charge in [-0.05, 0) is 41.8 Å². The number of carboxylic acids is 1. The summed E-state index contributed by atoms with van der Waals surface area (Å²) in [6.45, 7) is 0. The molecule has 0 aliphatic rings. The van der Waals surface area contributed by atoms with Gasteiger partial charge in [-0.2, -0.15) is 0 Å². The van der Waals surface area contributed by atoms with E-state index in [1.165, 1.54) is 13.2 Å². The molecule has 0 heterocycles. The Labute approximate surface area is 137 Å². The van der Waals surface area contributed by atoms with Gasteiger partial charge < -0.3 is 14.9 Å². The number of hydrogen-bond acceptors (Lipinski definition) is 3. The number of aromatic hydroxyl groups is 1. The molecule has 2 aromatic carbocycles. The van der Waals surface area contributed by atoms with Crippen LogP contribution in [0.1, 0.15) is 17.0 Å². The fourth-order valence-corrected chi connectivity index (χ4v) is 2.63. The molecule has 0 spiro atoms. The van der Waals surface area contributed by atoms with E-state index in [0.29, 0.717) is 21.9 Å². The third-order valence-corrected chi connectivity index (χ3v) is 3.93. The van der Waals surface area contributed by atoms with Crippen LogP contribution in [0.3, 0.4) is 0 Å². The van der Waals surface area contributed by atoms with Crippen molar-refractivity contribution in [3.8, 4) is 11.5 Å². The molecule has 0 saturated heterocycles. The van der Waals surface area contributed by atoms with Gasteiger partial charge in [-0.15, -0.1) is 0 Å². The number of benzene rings is 2. The van der Waals surface area contributed by atoms with E-state index in [9.17, 15) is 15.0 Å². The molecular formula is C16H14Cl2O4. The average Bonchev–Trinajstić information content (AvgIpc) is 2.48. The summed E-state index contributed by atoms with van der Waals surface area (Å²) in [6, 6.07) is 9.53. The lowest BCUT2D eigenvalue weighted by molar-refractivity contribution is -0.138. The van der Waals surface area contributed by atoms with Crippen LogP contribution >= 0.6 is 23.2 Å². The van der Waals surface area contributed by atoms with Crippen LogP contribution in [0.2, 0.25) is 10.0 Å². The molecule has 116 valence electrons. The molecule has 0 amide bonds. The van der Waals surface area contributed by atoms with Crippen molar-refractivity contribution in [1.82, 2.24) is 0 Å². The summed E-state index contributed by atoms with van der Waals surface area (Å²) in [5.41, 5.74) is 1.28. The standard InChI is InChI=1S/C16H14Cl2O4/c1-22-15-5-3-10(8-13(15)18)11(16(20)21)6-9-2-4-14(19)12(17)7-9/h2-5,7-8,11,19H,6H2,1H3,(H,20,21). The van der Waals surface area contributed by atoms with Gasteiger partial charge >= 0.3 is 5.97 Å². The van der Waals surface area contributed by atoms with Crippen LogP contribution < -0.4 is 4.74 Å². The predicted octanol–water partition coefficient (Wildman–Crippen LogP) is 4.12. The largest absolute Gasteiger partial charge is 0.506 e. The quantitative estimate of drug-likeness (QED) is 0.859. The molecule has 0 radical (unpaired) electrons. The third kappa shape index (κ3) is 3.64. The van der Waals surface area contributed by atoms with E-state index in [-0.39, 0.29) is 17.2 Å². The Hall–Kier alpha value is -1.91. The summed E-state index contributed by atoms with van der Waals surface area (Å²) in [5, 5.41) is 19.4. The fraction of sp³-hybridized carbons (Fsp3) is 0.188. The summed E-state index contributed by atoms with van der Waals surface area (Å²) in [7, 11) is 1.49. The van der Waals surface area contributed by atoms with Gasteiger partial charge in [-0.25, -0.2) is 0 Å². The zero-order chi connectivity index (χ0) is 16.3. The van der Waals surface area contributed by atoms with Crippen LogP contribution in [0.5, 0.6) is 11.5 Å². The zero-order valence-electron chi connectivity index (χ0n) is 11.7. The lowest BCUT2D eigenvalue weighted by Gasteiger charge is -2.15. The van der Waals surface area contributed by atoms with Crippen LogP contribution in [0.4, 0.5) is 0 Å². The molecule has 6 heteroatoms. The lowest BCUT2D eigenvalue weighted by atomic mass is 9.92. The van der Waals surface area contributed by atoms with E-state index in [2.05, 4.69) is 0 Å². The summed E-state index contributed by atoms with van der Waals surface area (Å²) in [4.78, 5) is 11.6. The fourth-order valence-electron chi connectivity index (χ4n) is 2.16. The number of carboxylic acid groups (broad SMARTS) is 1. The number of phenolic OH excluding ortho intramolecular Hbond substituents is 1. The molecule has 2 rings (SSSR count). The van der Waals surface area contributed by atoms with E-state index >= 15 is 0 Å². The Morgan fingerprint density at radius 3 is 2.45 bits per heavy atom. The highest BCUT2D eigenvalue weighted by Crippen LogP contribution is 2.31. The number of rotatable bonds is 5. The van der Waals surface area contributed by atoms with Crippen LogP contribution in [-0.4, -0.2) is 23.3 Å². The monoisotopic (exact) mass is 340 g/mol. The molecule has 0 aromatic heterocycles. The lowest BCUT2D eigenvalue weighted by Crippen LogP contribution is -2.14. The maximum absolute atomic E-state index is 11.6. The maximum Gasteiger partial charge on any atom is 0.311 e. The first-order valence-corrected chi connectivity index (χ1v) is 7.21. The Balaban J connectivity index is 2.32. The molecular weight excluding hydrogens is 327 g/mol. The Bertz CT molecular complexity index is 701. The van der Waals surface area contributed by atoms with Crippen molar-refractivity contribution in [3.63, 3.8) is 0 Å². The first-order valence-electron chi connectivity index (χ1n) is 6.46. The van der Waals surface area contributed by atoms with Crippen molar-refractivity contribution in [2.75, 3.05) is 7.11 Å². The molecule has 0 aliphatic heterocycles. The molecule has 2 aromatic rings. The van der Waals surface area contributed by atoms with E-state index < -0.39 is 11.9 Å². The number of methoxy groups -OCH3 is 1. The van der Waals surface area contributed by atoms with Gasteiger partial charge in [0.2, 0.25) is 0 Å². The third-order valence-electron chi connectivity index (χ3n) is 3.33. The second-order valence-corrected chi connectivity index (χ2v) is 5.59. The van der Waals surface area contributed by atoms with Gasteiger partial charge in [0, 0.05) is 0 Å². The molecule has 2 N–H and O–H groups in total. The van der Waals surface area contributed by atoms with Gasteiger partial charge in [0.05, 0.1) is 23.1 Å². The molecule has 1 atom stereocenters. The average molecular weight is 341 g/mol. The number of carbonyl (C=O) groups is 1. The Kier molecular flexibility index (Phi) is 5.16. The van der Waals surface area contributed by atoms with Gasteiger partial charge in [0.1, 0.15) is 11.5 Å². The van der Waals surface area contributed by atoms with Crippen molar-refractivity contribution in [3.05, 3.63) is 57.6 Å². The number of hydrogen-bond donors (Lipinski definition) is 2. The van der Waals surface area contributed by atoms with Gasteiger partial charge in [0.15, 0.2) is 0 Å². The van der Waals surface area contributed by atoms with E-state index in [1.54, 1.807) is 30.3 Å². The summed E-state index contributed by atoms with van der Waals surface area (Å²) in [5.74, 6) is -1.29. The summed E-state index contributed by atoms with van der Waals surface area (Å²) >= 11 is 11.9. The van der Waals surface area contributed by atoms with Crippen LogP contribution in [0.25, 0.3) is 0 Å². The van der Waals surface area contributed by atoms with Crippen molar-refractivity contribution in [2.24, 2.45) is 0 Å². The molecule has 22 heavy (non-hydrogen) atoms. The maximum atomic E-state index is 11.6. The summed E-state index contributed by atoms with van der Waals surface area (Å²) < 4.78 is 5.06. The van der Waals surface area contributed by atoms with E-state index in [0.717, 1.165) is 0 Å². The van der Waals surface area contributed by atoms with E-state index in [4.69, 9.17) is 27.9 Å². The second kappa shape index (κ2) is 6.90. The van der Waals surface area contributed by atoms with Crippen LogP contribution in [0.15, 0.2) is 36.4 Å². The molecule has 0 saturated carbocycles. The highest BCUT2D eigenvalue weighted by molar-refractivity contribution is 6.32. The van der Waals surface area contributed by atoms with Gasteiger partial charge in [0.25, 0.3) is 0 Å². The predicted molar refractivity (Wildman–Crippen MR) is 85.2 cm³/mol. The van der Waals surface area contributed by atoms with Crippen molar-refractivity contribution in [1.29, 1.82) is 0 Å². The number of phenols is 1. The number of ether oxygens (including phenoxy) is 1. The molecule has 4 nitrogen and oxygen atoms in total. The Morgan fingerprint density at radius 1 is 1.18 bits per heavy atom. The van der Waals surface area contributed by atoms with Crippen molar-refractivity contribution < 1.29 is 19.7 Å². The minimum atomic E-state index is -0.967. The van der Waals surface area contributed by atoms with Crippen LogP contribution in [-0.2, 0) is 11.2 Å². The topological polar surface area (TPSA) is 66.8 Å². The first-order chi connectivity index (χ1) is 10.4. The SMILES string of the molecule is COc1ccc(C(Cc2ccc(O)c(Cl)c2)C(=O)O)cc1Cl. The summed E-state index contributed by atoms with van der Waals surface area (Å²) in [6.07, 6.45) is 0.234. The molecule has 0 aliphatic carbocycles. The van der Waals surface area contributed by atoms with Gasteiger partial charge in [-0.1, -0.05) is 35.3 Å². The highest BCUT2D eigenvalue weighted by atomic mass is 35.5. The Morgan fingerprint density at radius 2 is 1.91 bits per heavy atom. The van der Waals surface area contributed by atoms with Crippen molar-refractivity contribution in [2.45, 2.75) is 12.3 Å². The molecule has 0 bridgehead atoms. The zero-order valence-corrected chi connectivity index (χ0v) is 13.2. The van der Waals surface area contributed by atoms with Crippen molar-refractivity contribution >= 4 is 29.2 Å². The van der Waals surface area contributed by atoms with Gasteiger partial charge in [-0.3, -0.25) is 4.79 Å². The first kappa shape index (κ1) is 16.5. The van der Waals surface area contributed by atoms with Crippen LogP contribution in [0, 0.1) is 0 Å². The number of halogens is 2. The smallest absolute Gasteiger partial charge is 0.311 e. The minimum absolute atomic E-state index is 0.0372. The van der Waals surface area contributed by atoms with E-state index in [1.807, 2.05) is 0 Å². The molecule has 0 fully saturated rings. The minimum Gasteiger partial charge on any atom is -0.506 e.